The summed E-state index contributed by atoms with van der Waals surface area (Å²) in [7, 11) is 0. The van der Waals surface area contributed by atoms with Crippen LogP contribution in [0.15, 0.2) is 54.6 Å². The van der Waals surface area contributed by atoms with Crippen LogP contribution in [0, 0.1) is 5.41 Å². The van der Waals surface area contributed by atoms with E-state index in [9.17, 15) is 9.90 Å². The molecule has 3 atom stereocenters. The van der Waals surface area contributed by atoms with E-state index in [1.807, 2.05) is 56.3 Å². The van der Waals surface area contributed by atoms with E-state index in [0.717, 1.165) is 23.1 Å². The fraction of sp³-hybridized carbons (Fsp3) is 0.381. The van der Waals surface area contributed by atoms with Gasteiger partial charge in [-0.2, -0.15) is 0 Å². The maximum Gasteiger partial charge on any atom is 0.226 e. The molecular formula is C21H25NO2. The molecule has 2 aromatic rings. The molecule has 0 aliphatic heterocycles. The van der Waals surface area contributed by atoms with Gasteiger partial charge in [-0.05, 0) is 29.5 Å². The van der Waals surface area contributed by atoms with E-state index in [2.05, 4.69) is 17.4 Å². The summed E-state index contributed by atoms with van der Waals surface area (Å²) < 4.78 is 0. The molecule has 2 N–H and O–H groups in total. The molecule has 0 radical (unpaired) electrons. The first-order valence-corrected chi connectivity index (χ1v) is 8.64. The average molecular weight is 323 g/mol. The van der Waals surface area contributed by atoms with Gasteiger partial charge in [-0.1, -0.05) is 68.4 Å². The van der Waals surface area contributed by atoms with Gasteiger partial charge in [-0.3, -0.25) is 4.79 Å². The molecule has 126 valence electrons. The lowest BCUT2D eigenvalue weighted by Crippen LogP contribution is -2.44. The standard InChI is InChI=1S/C21H25NO2/c1-3-21(2,14-15-9-5-4-6-10-15)20(24)22-19-17-12-8-7-11-16(17)13-18(19)23/h4-12,18-19,23H,3,13-14H2,1-2H3,(H,22,24)/t18-,19+,21-/m1/s1. The van der Waals surface area contributed by atoms with E-state index in [0.29, 0.717) is 12.8 Å². The molecule has 3 rings (SSSR count). The van der Waals surface area contributed by atoms with Crippen LogP contribution in [-0.4, -0.2) is 17.1 Å². The fourth-order valence-electron chi connectivity index (χ4n) is 3.48. The number of hydrogen-bond acceptors (Lipinski definition) is 2. The molecule has 0 unspecified atom stereocenters. The van der Waals surface area contributed by atoms with Crippen molar-refractivity contribution in [1.82, 2.24) is 5.32 Å². The van der Waals surface area contributed by atoms with Crippen molar-refractivity contribution in [2.24, 2.45) is 5.41 Å². The summed E-state index contributed by atoms with van der Waals surface area (Å²) in [6, 6.07) is 17.7. The van der Waals surface area contributed by atoms with Crippen molar-refractivity contribution >= 4 is 5.91 Å². The van der Waals surface area contributed by atoms with Gasteiger partial charge < -0.3 is 10.4 Å². The quantitative estimate of drug-likeness (QED) is 0.886. The maximum atomic E-state index is 13.0. The van der Waals surface area contributed by atoms with Crippen LogP contribution >= 0.6 is 0 Å². The molecule has 2 aromatic carbocycles. The summed E-state index contributed by atoms with van der Waals surface area (Å²) in [5, 5.41) is 13.5. The highest BCUT2D eigenvalue weighted by molar-refractivity contribution is 5.83. The van der Waals surface area contributed by atoms with Gasteiger partial charge in [0.05, 0.1) is 17.6 Å². The van der Waals surface area contributed by atoms with Crippen LogP contribution in [-0.2, 0) is 17.6 Å². The van der Waals surface area contributed by atoms with Crippen molar-refractivity contribution in [3.8, 4) is 0 Å². The number of amides is 1. The minimum Gasteiger partial charge on any atom is -0.390 e. The second-order valence-electron chi connectivity index (χ2n) is 7.00. The molecular weight excluding hydrogens is 298 g/mol. The van der Waals surface area contributed by atoms with E-state index in [4.69, 9.17) is 0 Å². The monoisotopic (exact) mass is 323 g/mol. The largest absolute Gasteiger partial charge is 0.390 e. The van der Waals surface area contributed by atoms with Crippen LogP contribution in [0.4, 0.5) is 0 Å². The normalized spacial score (nSPS) is 21.8. The van der Waals surface area contributed by atoms with Crippen LogP contribution in [0.5, 0.6) is 0 Å². The number of hydrogen-bond donors (Lipinski definition) is 2. The van der Waals surface area contributed by atoms with Crippen molar-refractivity contribution in [1.29, 1.82) is 0 Å². The van der Waals surface area contributed by atoms with Crippen molar-refractivity contribution in [3.63, 3.8) is 0 Å². The third-order valence-electron chi connectivity index (χ3n) is 5.26. The minimum absolute atomic E-state index is 0.00889. The van der Waals surface area contributed by atoms with Crippen molar-refractivity contribution < 1.29 is 9.90 Å². The maximum absolute atomic E-state index is 13.0. The lowest BCUT2D eigenvalue weighted by atomic mass is 9.80. The average Bonchev–Trinajstić information content (AvgIpc) is 2.91. The zero-order valence-corrected chi connectivity index (χ0v) is 14.3. The van der Waals surface area contributed by atoms with Gasteiger partial charge in [0, 0.05) is 6.42 Å². The van der Waals surface area contributed by atoms with Crippen LogP contribution in [0.2, 0.25) is 0 Å². The summed E-state index contributed by atoms with van der Waals surface area (Å²) in [5.41, 5.74) is 2.83. The van der Waals surface area contributed by atoms with E-state index in [-0.39, 0.29) is 11.9 Å². The summed E-state index contributed by atoms with van der Waals surface area (Å²) in [6.07, 6.45) is 1.49. The highest BCUT2D eigenvalue weighted by atomic mass is 16.3. The summed E-state index contributed by atoms with van der Waals surface area (Å²) in [4.78, 5) is 13.0. The molecule has 0 saturated carbocycles. The molecule has 1 amide bonds. The first-order valence-electron chi connectivity index (χ1n) is 8.64. The van der Waals surface area contributed by atoms with Gasteiger partial charge in [-0.15, -0.1) is 0 Å². The molecule has 0 saturated heterocycles. The Morgan fingerprint density at radius 3 is 2.54 bits per heavy atom. The van der Waals surface area contributed by atoms with Gasteiger partial charge in [0.25, 0.3) is 0 Å². The van der Waals surface area contributed by atoms with Gasteiger partial charge in [0.1, 0.15) is 0 Å². The summed E-state index contributed by atoms with van der Waals surface area (Å²) in [6.45, 7) is 4.05. The topological polar surface area (TPSA) is 49.3 Å². The minimum atomic E-state index is -0.552. The molecule has 0 spiro atoms. The Hall–Kier alpha value is -2.13. The van der Waals surface area contributed by atoms with Crippen molar-refractivity contribution in [2.75, 3.05) is 0 Å². The Kier molecular flexibility index (Phi) is 4.72. The molecule has 0 aromatic heterocycles. The highest BCUT2D eigenvalue weighted by Gasteiger charge is 2.37. The molecule has 1 aliphatic carbocycles. The Morgan fingerprint density at radius 2 is 1.83 bits per heavy atom. The van der Waals surface area contributed by atoms with Gasteiger partial charge in [0.2, 0.25) is 5.91 Å². The number of aliphatic hydroxyl groups is 1. The summed E-state index contributed by atoms with van der Waals surface area (Å²) in [5.74, 6) is 0.00889. The number of carbonyl (C=O) groups is 1. The smallest absolute Gasteiger partial charge is 0.226 e. The molecule has 0 fully saturated rings. The first kappa shape index (κ1) is 16.7. The lowest BCUT2D eigenvalue weighted by molar-refractivity contribution is -0.132. The van der Waals surface area contributed by atoms with E-state index in [1.165, 1.54) is 0 Å². The Balaban J connectivity index is 1.77. The molecule has 0 bridgehead atoms. The molecule has 0 heterocycles. The number of carbonyl (C=O) groups excluding carboxylic acids is 1. The highest BCUT2D eigenvalue weighted by Crippen LogP contribution is 2.34. The van der Waals surface area contributed by atoms with Gasteiger partial charge in [-0.25, -0.2) is 0 Å². The Labute approximate surface area is 143 Å². The molecule has 3 nitrogen and oxygen atoms in total. The number of rotatable bonds is 5. The van der Waals surface area contributed by atoms with Crippen LogP contribution in [0.3, 0.4) is 0 Å². The van der Waals surface area contributed by atoms with Gasteiger partial charge >= 0.3 is 0 Å². The Morgan fingerprint density at radius 1 is 1.17 bits per heavy atom. The third-order valence-corrected chi connectivity index (χ3v) is 5.26. The third kappa shape index (κ3) is 3.22. The van der Waals surface area contributed by atoms with E-state index in [1.54, 1.807) is 0 Å². The second kappa shape index (κ2) is 6.78. The first-order chi connectivity index (χ1) is 11.5. The Bertz CT molecular complexity index is 713. The number of aliphatic hydroxyl groups excluding tert-OH is 1. The number of benzene rings is 2. The number of nitrogens with one attached hydrogen (secondary N) is 1. The predicted octanol–water partition coefficient (Wildman–Crippen LogP) is 3.42. The lowest BCUT2D eigenvalue weighted by Gasteiger charge is -2.30. The van der Waals surface area contributed by atoms with E-state index >= 15 is 0 Å². The second-order valence-corrected chi connectivity index (χ2v) is 7.00. The fourth-order valence-corrected chi connectivity index (χ4v) is 3.48. The zero-order chi connectivity index (χ0) is 17.2. The molecule has 1 aliphatic rings. The van der Waals surface area contributed by atoms with Crippen molar-refractivity contribution in [2.45, 2.75) is 45.3 Å². The molecule has 3 heteroatoms. The molecule has 24 heavy (non-hydrogen) atoms. The van der Waals surface area contributed by atoms with Gasteiger partial charge in [0.15, 0.2) is 0 Å². The predicted molar refractivity (Wildman–Crippen MR) is 95.6 cm³/mol. The SMILES string of the molecule is CC[C@](C)(Cc1ccccc1)C(=O)N[C@H]1c2ccccc2C[C@H]1O. The zero-order valence-electron chi connectivity index (χ0n) is 14.3. The van der Waals surface area contributed by atoms with Crippen LogP contribution in [0.25, 0.3) is 0 Å². The van der Waals surface area contributed by atoms with Crippen LogP contribution < -0.4 is 5.32 Å². The summed E-state index contributed by atoms with van der Waals surface area (Å²) >= 11 is 0. The number of fused-ring (bicyclic) bond motifs is 1. The van der Waals surface area contributed by atoms with Crippen LogP contribution in [0.1, 0.15) is 43.0 Å². The van der Waals surface area contributed by atoms with E-state index < -0.39 is 11.5 Å². The van der Waals surface area contributed by atoms with Crippen molar-refractivity contribution in [3.05, 3.63) is 71.3 Å².